The van der Waals surface area contributed by atoms with E-state index in [1.54, 1.807) is 0 Å². The number of amides is 1. The van der Waals surface area contributed by atoms with Gasteiger partial charge in [0.15, 0.2) is 6.10 Å². The lowest BCUT2D eigenvalue weighted by atomic mass is 9.90. The molecule has 0 bridgehead atoms. The summed E-state index contributed by atoms with van der Waals surface area (Å²) < 4.78 is 10.6. The van der Waals surface area contributed by atoms with E-state index in [0.717, 1.165) is 44.5 Å². The fourth-order valence-electron chi connectivity index (χ4n) is 3.63. The third kappa shape index (κ3) is 4.74. The number of ether oxygens (including phenoxy) is 2. The largest absolute Gasteiger partial charge is 0.494 e. The Morgan fingerprint density at radius 3 is 2.52 bits per heavy atom. The van der Waals surface area contributed by atoms with Crippen LogP contribution in [0.1, 0.15) is 44.6 Å². The van der Waals surface area contributed by atoms with Gasteiger partial charge in [-0.05, 0) is 56.2 Å². The number of piperidine rings is 1. The van der Waals surface area contributed by atoms with E-state index in [1.165, 1.54) is 5.56 Å². The zero-order valence-electron chi connectivity index (χ0n) is 14.9. The molecule has 2 fully saturated rings. The molecule has 2 aliphatic rings. The number of esters is 1. The van der Waals surface area contributed by atoms with Crippen molar-refractivity contribution < 1.29 is 19.1 Å². The van der Waals surface area contributed by atoms with Crippen molar-refractivity contribution in [2.75, 3.05) is 19.7 Å². The maximum Gasteiger partial charge on any atom is 0.306 e. The van der Waals surface area contributed by atoms with E-state index in [9.17, 15) is 9.59 Å². The number of hydrogen-bond acceptors (Lipinski definition) is 4. The van der Waals surface area contributed by atoms with Gasteiger partial charge in [-0.15, -0.1) is 0 Å². The molecule has 0 spiro atoms. The quantitative estimate of drug-likeness (QED) is 0.744. The number of benzene rings is 1. The topological polar surface area (TPSA) is 55.8 Å². The van der Waals surface area contributed by atoms with Crippen LogP contribution in [0.3, 0.4) is 0 Å². The van der Waals surface area contributed by atoms with Crippen LogP contribution in [0.25, 0.3) is 0 Å². The van der Waals surface area contributed by atoms with Gasteiger partial charge in [-0.2, -0.15) is 0 Å². The molecule has 1 atom stereocenters. The summed E-state index contributed by atoms with van der Waals surface area (Å²) in [7, 11) is 0. The van der Waals surface area contributed by atoms with Crippen LogP contribution < -0.4 is 4.74 Å². The standard InChI is InChI=1S/C20H27NO4/c1-2-24-17-7-5-15(6-8-17)3-4-16-11-13-21(14-12-16)20(23)18-9-10-19(22)25-18/h5-8,16,18H,2-4,9-14H2,1H3. The lowest BCUT2D eigenvalue weighted by Gasteiger charge is -2.33. The zero-order valence-corrected chi connectivity index (χ0v) is 14.9. The van der Waals surface area contributed by atoms with Crippen molar-refractivity contribution in [2.45, 2.75) is 51.6 Å². The van der Waals surface area contributed by atoms with E-state index in [1.807, 2.05) is 24.0 Å². The number of carbonyl (C=O) groups is 2. The predicted molar refractivity (Wildman–Crippen MR) is 94.4 cm³/mol. The van der Waals surface area contributed by atoms with Crippen LogP contribution in [0.15, 0.2) is 24.3 Å². The van der Waals surface area contributed by atoms with Gasteiger partial charge in [0.2, 0.25) is 0 Å². The molecule has 3 rings (SSSR count). The Hall–Kier alpha value is -2.04. The summed E-state index contributed by atoms with van der Waals surface area (Å²) in [6, 6.07) is 8.34. The molecule has 136 valence electrons. The minimum atomic E-state index is -0.534. The molecule has 1 unspecified atom stereocenters. The minimum Gasteiger partial charge on any atom is -0.494 e. The monoisotopic (exact) mass is 345 g/mol. The summed E-state index contributed by atoms with van der Waals surface area (Å²) in [6.07, 6.45) is 4.64. The Balaban J connectivity index is 1.40. The number of nitrogens with zero attached hydrogens (tertiary/aromatic N) is 1. The van der Waals surface area contributed by atoms with Crippen molar-refractivity contribution in [3.8, 4) is 5.75 Å². The summed E-state index contributed by atoms with van der Waals surface area (Å²) >= 11 is 0. The summed E-state index contributed by atoms with van der Waals surface area (Å²) in [5.74, 6) is 1.33. The molecular formula is C20H27NO4. The first kappa shape index (κ1) is 17.8. The molecule has 1 aromatic rings. The lowest BCUT2D eigenvalue weighted by Crippen LogP contribution is -2.43. The second-order valence-corrected chi connectivity index (χ2v) is 6.90. The van der Waals surface area contributed by atoms with E-state index < -0.39 is 6.10 Å². The SMILES string of the molecule is CCOc1ccc(CCC2CCN(C(=O)C3CCC(=O)O3)CC2)cc1. The van der Waals surface area contributed by atoms with Crippen LogP contribution in [0, 0.1) is 5.92 Å². The summed E-state index contributed by atoms with van der Waals surface area (Å²) in [4.78, 5) is 25.4. The molecule has 5 heteroatoms. The van der Waals surface area contributed by atoms with Crippen LogP contribution in [0.2, 0.25) is 0 Å². The lowest BCUT2D eigenvalue weighted by molar-refractivity contribution is -0.153. The Morgan fingerprint density at radius 1 is 1.20 bits per heavy atom. The maximum atomic E-state index is 12.4. The van der Waals surface area contributed by atoms with E-state index in [-0.39, 0.29) is 11.9 Å². The van der Waals surface area contributed by atoms with Gasteiger partial charge in [-0.3, -0.25) is 9.59 Å². The number of likely N-dealkylation sites (tertiary alicyclic amines) is 1. The van der Waals surface area contributed by atoms with Crippen molar-refractivity contribution in [1.29, 1.82) is 0 Å². The van der Waals surface area contributed by atoms with E-state index in [2.05, 4.69) is 12.1 Å². The zero-order chi connectivity index (χ0) is 17.6. The van der Waals surface area contributed by atoms with Gasteiger partial charge < -0.3 is 14.4 Å². The second-order valence-electron chi connectivity index (χ2n) is 6.90. The highest BCUT2D eigenvalue weighted by molar-refractivity contribution is 5.86. The van der Waals surface area contributed by atoms with Crippen LogP contribution in [0.4, 0.5) is 0 Å². The third-order valence-electron chi connectivity index (χ3n) is 5.16. The molecule has 2 saturated heterocycles. The van der Waals surface area contributed by atoms with Crippen molar-refractivity contribution in [1.82, 2.24) is 4.90 Å². The van der Waals surface area contributed by atoms with Gasteiger partial charge in [-0.25, -0.2) is 0 Å². The highest BCUT2D eigenvalue weighted by Gasteiger charge is 2.34. The van der Waals surface area contributed by atoms with Crippen molar-refractivity contribution in [2.24, 2.45) is 5.92 Å². The first-order valence-electron chi connectivity index (χ1n) is 9.35. The summed E-state index contributed by atoms with van der Waals surface area (Å²) in [6.45, 7) is 4.24. The Labute approximate surface area is 149 Å². The highest BCUT2D eigenvalue weighted by Crippen LogP contribution is 2.25. The summed E-state index contributed by atoms with van der Waals surface area (Å²) in [5.41, 5.74) is 1.33. The number of carbonyl (C=O) groups excluding carboxylic acids is 2. The number of aryl methyl sites for hydroxylation is 1. The molecule has 1 amide bonds. The first-order valence-corrected chi connectivity index (χ1v) is 9.35. The second kappa shape index (κ2) is 8.37. The molecule has 2 heterocycles. The molecular weight excluding hydrogens is 318 g/mol. The number of cyclic esters (lactones) is 1. The molecule has 0 saturated carbocycles. The Morgan fingerprint density at radius 2 is 1.92 bits per heavy atom. The number of rotatable bonds is 6. The van der Waals surface area contributed by atoms with Crippen LogP contribution in [0.5, 0.6) is 5.75 Å². The van der Waals surface area contributed by atoms with Crippen molar-refractivity contribution in [3.05, 3.63) is 29.8 Å². The Bertz CT molecular complexity index is 590. The van der Waals surface area contributed by atoms with Gasteiger partial charge in [0.1, 0.15) is 5.75 Å². The fourth-order valence-corrected chi connectivity index (χ4v) is 3.63. The van der Waals surface area contributed by atoms with Gasteiger partial charge in [0.05, 0.1) is 6.61 Å². The van der Waals surface area contributed by atoms with Gasteiger partial charge in [-0.1, -0.05) is 12.1 Å². The smallest absolute Gasteiger partial charge is 0.306 e. The van der Waals surface area contributed by atoms with Crippen molar-refractivity contribution in [3.63, 3.8) is 0 Å². The normalized spacial score (nSPS) is 21.2. The van der Waals surface area contributed by atoms with E-state index in [4.69, 9.17) is 9.47 Å². The molecule has 25 heavy (non-hydrogen) atoms. The van der Waals surface area contributed by atoms with Gasteiger partial charge >= 0.3 is 5.97 Å². The molecule has 0 N–H and O–H groups in total. The first-order chi connectivity index (χ1) is 12.2. The van der Waals surface area contributed by atoms with Crippen LogP contribution in [-0.4, -0.2) is 42.6 Å². The minimum absolute atomic E-state index is 0.00388. The maximum absolute atomic E-state index is 12.4. The van der Waals surface area contributed by atoms with Gasteiger partial charge in [0.25, 0.3) is 5.91 Å². The van der Waals surface area contributed by atoms with Crippen molar-refractivity contribution >= 4 is 11.9 Å². The molecule has 0 radical (unpaired) electrons. The highest BCUT2D eigenvalue weighted by atomic mass is 16.6. The van der Waals surface area contributed by atoms with Crippen LogP contribution in [-0.2, 0) is 20.7 Å². The number of hydrogen-bond donors (Lipinski definition) is 0. The predicted octanol–water partition coefficient (Wildman–Crippen LogP) is 2.96. The Kier molecular flexibility index (Phi) is 5.95. The molecule has 0 aromatic heterocycles. The fraction of sp³-hybridized carbons (Fsp3) is 0.600. The molecule has 2 aliphatic heterocycles. The van der Waals surface area contributed by atoms with Crippen LogP contribution >= 0.6 is 0 Å². The third-order valence-corrected chi connectivity index (χ3v) is 5.16. The summed E-state index contributed by atoms with van der Waals surface area (Å²) in [5, 5.41) is 0. The molecule has 0 aliphatic carbocycles. The molecule has 1 aromatic carbocycles. The average Bonchev–Trinajstić information content (AvgIpc) is 3.08. The average molecular weight is 345 g/mol. The van der Waals surface area contributed by atoms with Gasteiger partial charge in [0, 0.05) is 25.9 Å². The van der Waals surface area contributed by atoms with E-state index >= 15 is 0 Å². The van der Waals surface area contributed by atoms with E-state index in [0.29, 0.717) is 25.4 Å². The molecule has 5 nitrogen and oxygen atoms in total.